The maximum absolute atomic E-state index is 5.82. The highest BCUT2D eigenvalue weighted by Crippen LogP contribution is 2.55. The Bertz CT molecular complexity index is 6670. The van der Waals surface area contributed by atoms with Gasteiger partial charge in [-0.1, -0.05) is 256 Å². The van der Waals surface area contributed by atoms with Crippen LogP contribution in [-0.2, 0) is 21.7 Å². The number of nitrogens with zero attached hydrogens (tertiary/aromatic N) is 5. The Kier molecular flexibility index (Phi) is 12.1. The predicted octanol–water partition coefficient (Wildman–Crippen LogP) is 25.7. The molecule has 498 valence electrons. The molecule has 0 bridgehead atoms. The maximum Gasteiger partial charge on any atom is 0.237 e. The maximum atomic E-state index is 5.82. The molecule has 0 amide bonds. The van der Waals surface area contributed by atoms with Crippen LogP contribution in [0.3, 0.4) is 0 Å². The summed E-state index contributed by atoms with van der Waals surface area (Å²) in [6.45, 7) is 18.9. The first kappa shape index (κ1) is 60.2. The summed E-state index contributed by atoms with van der Waals surface area (Å²) in [4.78, 5) is 11.6. The molecule has 0 saturated heterocycles. The first-order chi connectivity index (χ1) is 51.1. The standard InChI is InChI=1S/C100H73N5/c1-97(2)80-27-15-9-21-66(80)74-49-58(34-43-83(74)97)61-37-46-92-77(52-61)71-24-12-18-30-89(71)103(92)65-40-42-70-69-41-33-64(55-86(69)100(7,8)87(70)56-65)88-57-95(104-90-31-19-13-25-72(90)78-53-62(38-47-93(78)104)59-35-44-84-75(50-59)67-22-10-16-28-81(67)98(84,3)4)102-96(101-88)105-91-32-20-14-26-73(91)79-54-63(39-48-94(79)105)60-36-45-85-76(51-60)68-23-11-17-29-82(68)99(85,5)6/h9-57H,1-8H3. The van der Waals surface area contributed by atoms with Gasteiger partial charge in [0.25, 0.3) is 0 Å². The van der Waals surface area contributed by atoms with Crippen molar-refractivity contribution < 1.29 is 0 Å². The minimum Gasteiger partial charge on any atom is -0.309 e. The average molecular weight is 1340 g/mol. The summed E-state index contributed by atoms with van der Waals surface area (Å²) in [5, 5.41) is 7.12. The van der Waals surface area contributed by atoms with Crippen molar-refractivity contribution in [3.63, 3.8) is 0 Å². The molecule has 0 unspecified atom stereocenters. The zero-order valence-electron chi connectivity index (χ0n) is 60.0. The average Bonchev–Trinajstić information content (AvgIpc) is 1.57. The molecule has 105 heavy (non-hydrogen) atoms. The summed E-state index contributed by atoms with van der Waals surface area (Å²) in [6, 6.07) is 112. The molecule has 0 N–H and O–H groups in total. The summed E-state index contributed by atoms with van der Waals surface area (Å²) in [7, 11) is 0. The van der Waals surface area contributed by atoms with Crippen LogP contribution in [0.15, 0.2) is 297 Å². The van der Waals surface area contributed by atoms with Crippen LogP contribution in [-0.4, -0.2) is 23.7 Å². The molecule has 0 atom stereocenters. The number of hydrogen-bond donors (Lipinski definition) is 0. The monoisotopic (exact) mass is 1340 g/mol. The zero-order valence-corrected chi connectivity index (χ0v) is 60.0. The minimum atomic E-state index is -0.367. The van der Waals surface area contributed by atoms with E-state index in [0.717, 1.165) is 55.6 Å². The fourth-order valence-electron chi connectivity index (χ4n) is 19.7. The molecule has 22 rings (SSSR count). The Hall–Kier alpha value is -12.4. The summed E-state index contributed by atoms with van der Waals surface area (Å²) >= 11 is 0. The van der Waals surface area contributed by atoms with E-state index in [9.17, 15) is 0 Å². The van der Waals surface area contributed by atoms with Gasteiger partial charge in [-0.3, -0.25) is 9.13 Å². The first-order valence-electron chi connectivity index (χ1n) is 37.1. The van der Waals surface area contributed by atoms with Crippen LogP contribution in [0.1, 0.15) is 99.9 Å². The van der Waals surface area contributed by atoms with Crippen molar-refractivity contribution in [2.45, 2.75) is 77.0 Å². The normalized spacial score (nSPS) is 15.0. The van der Waals surface area contributed by atoms with E-state index in [1.165, 1.54) is 155 Å². The van der Waals surface area contributed by atoms with Crippen LogP contribution in [0.2, 0.25) is 0 Å². The lowest BCUT2D eigenvalue weighted by molar-refractivity contribution is 0.660. The van der Waals surface area contributed by atoms with Crippen molar-refractivity contribution in [2.24, 2.45) is 0 Å². The highest BCUT2D eigenvalue weighted by atomic mass is 15.2. The van der Waals surface area contributed by atoms with Crippen LogP contribution >= 0.6 is 0 Å². The van der Waals surface area contributed by atoms with Crippen molar-refractivity contribution >= 4 is 65.4 Å². The van der Waals surface area contributed by atoms with E-state index in [4.69, 9.17) is 9.97 Å². The van der Waals surface area contributed by atoms with Gasteiger partial charge in [0.15, 0.2) is 0 Å². The van der Waals surface area contributed by atoms with E-state index in [-0.39, 0.29) is 21.7 Å². The molecule has 4 heterocycles. The summed E-state index contributed by atoms with van der Waals surface area (Å²) in [5.41, 5.74) is 37.6. The van der Waals surface area contributed by atoms with E-state index in [1.807, 2.05) is 0 Å². The van der Waals surface area contributed by atoms with Crippen molar-refractivity contribution in [1.82, 2.24) is 23.7 Å². The molecule has 0 fully saturated rings. The van der Waals surface area contributed by atoms with Crippen LogP contribution in [0.4, 0.5) is 0 Å². The molecular weight excluding hydrogens is 1270 g/mol. The van der Waals surface area contributed by atoms with Crippen LogP contribution in [0, 0.1) is 0 Å². The lowest BCUT2D eigenvalue weighted by Gasteiger charge is -2.23. The summed E-state index contributed by atoms with van der Waals surface area (Å²) in [6.07, 6.45) is 0. The summed E-state index contributed by atoms with van der Waals surface area (Å²) < 4.78 is 7.16. The molecule has 0 aliphatic heterocycles. The molecule has 4 aromatic heterocycles. The highest BCUT2D eigenvalue weighted by molar-refractivity contribution is 6.13. The smallest absolute Gasteiger partial charge is 0.237 e. The SMILES string of the molecule is CC1(C)c2ccccc2-c2cc(-c3ccc4c(c3)c3ccccc3n4-c3ccc4c(c3)C(C)(C)c3cc(-c5cc(-n6c7ccccc7c7cc(-c8ccc9c(c8)-c8ccccc8C9(C)C)ccc76)nc(-n6c7ccccc7c7cc(-c8ccc9c(c8)-c8ccccc8C9(C)C)ccc76)n5)ccc3-4)ccc21. The highest BCUT2D eigenvalue weighted by Gasteiger charge is 2.40. The van der Waals surface area contributed by atoms with Gasteiger partial charge in [0, 0.05) is 71.3 Å². The van der Waals surface area contributed by atoms with E-state index in [1.54, 1.807) is 0 Å². The second-order valence-electron chi connectivity index (χ2n) is 32.1. The topological polar surface area (TPSA) is 40.6 Å². The quantitative estimate of drug-likeness (QED) is 0.160. The minimum absolute atomic E-state index is 0.0421. The molecule has 0 saturated carbocycles. The van der Waals surface area contributed by atoms with Gasteiger partial charge < -0.3 is 4.57 Å². The fraction of sp³-hybridized carbons (Fsp3) is 0.120. The fourth-order valence-corrected chi connectivity index (χ4v) is 19.7. The third-order valence-corrected chi connectivity index (χ3v) is 25.1. The van der Waals surface area contributed by atoms with Gasteiger partial charge in [0.05, 0.1) is 38.8 Å². The number of para-hydroxylation sites is 3. The van der Waals surface area contributed by atoms with Crippen LogP contribution in [0.25, 0.3) is 172 Å². The van der Waals surface area contributed by atoms with Gasteiger partial charge in [-0.05, 0) is 213 Å². The largest absolute Gasteiger partial charge is 0.309 e. The van der Waals surface area contributed by atoms with Gasteiger partial charge in [0.2, 0.25) is 5.95 Å². The molecule has 18 aromatic rings. The zero-order chi connectivity index (χ0) is 70.3. The number of rotatable bonds is 7. The third kappa shape index (κ3) is 8.29. The third-order valence-electron chi connectivity index (χ3n) is 25.1. The van der Waals surface area contributed by atoms with Crippen molar-refractivity contribution in [3.8, 4) is 107 Å². The number of hydrogen-bond acceptors (Lipinski definition) is 2. The van der Waals surface area contributed by atoms with E-state index < -0.39 is 0 Å². The second-order valence-corrected chi connectivity index (χ2v) is 32.1. The van der Waals surface area contributed by atoms with E-state index >= 15 is 0 Å². The van der Waals surface area contributed by atoms with Crippen molar-refractivity contribution in [3.05, 3.63) is 342 Å². The molecule has 0 spiro atoms. The summed E-state index contributed by atoms with van der Waals surface area (Å²) in [5.74, 6) is 1.40. The van der Waals surface area contributed by atoms with Crippen molar-refractivity contribution in [2.75, 3.05) is 0 Å². The van der Waals surface area contributed by atoms with Crippen LogP contribution in [0.5, 0.6) is 0 Å². The Morgan fingerprint density at radius 1 is 0.210 bits per heavy atom. The number of aromatic nitrogens is 5. The van der Waals surface area contributed by atoms with Gasteiger partial charge in [-0.25, -0.2) is 4.98 Å². The molecule has 4 aliphatic rings. The van der Waals surface area contributed by atoms with E-state index in [2.05, 4.69) is 366 Å². The lowest BCUT2D eigenvalue weighted by atomic mass is 9.81. The van der Waals surface area contributed by atoms with Crippen molar-refractivity contribution in [1.29, 1.82) is 0 Å². The lowest BCUT2D eigenvalue weighted by Crippen LogP contribution is -2.15. The molecular formula is C100H73N5. The van der Waals surface area contributed by atoms with Gasteiger partial charge >= 0.3 is 0 Å². The molecule has 14 aromatic carbocycles. The molecule has 0 radical (unpaired) electrons. The predicted molar refractivity (Wildman–Crippen MR) is 437 cm³/mol. The van der Waals surface area contributed by atoms with Gasteiger partial charge in [-0.15, -0.1) is 0 Å². The number of fused-ring (bicyclic) bond motifs is 21. The van der Waals surface area contributed by atoms with Gasteiger partial charge in [0.1, 0.15) is 5.82 Å². The van der Waals surface area contributed by atoms with Crippen LogP contribution < -0.4 is 0 Å². The first-order valence-corrected chi connectivity index (χ1v) is 37.1. The van der Waals surface area contributed by atoms with E-state index in [0.29, 0.717) is 5.95 Å². The molecule has 4 aliphatic carbocycles. The molecule has 5 heteroatoms. The Morgan fingerprint density at radius 2 is 0.533 bits per heavy atom. The Morgan fingerprint density at radius 3 is 1.01 bits per heavy atom. The Labute approximate surface area is 610 Å². The Balaban J connectivity index is 0.687. The van der Waals surface area contributed by atoms with Gasteiger partial charge in [-0.2, -0.15) is 4.98 Å². The second kappa shape index (κ2) is 21.1. The molecule has 5 nitrogen and oxygen atoms in total. The number of benzene rings is 14.